The van der Waals surface area contributed by atoms with Gasteiger partial charge in [-0.2, -0.15) is 0 Å². The summed E-state index contributed by atoms with van der Waals surface area (Å²) in [5.74, 6) is 0.0513. The van der Waals surface area contributed by atoms with Gasteiger partial charge in [0.05, 0.1) is 13.2 Å². The summed E-state index contributed by atoms with van der Waals surface area (Å²) >= 11 is 0. The molecule has 20 heavy (non-hydrogen) atoms. The molecule has 0 aromatic heterocycles. The number of nitrogens with one attached hydrogen (secondary N) is 1. The molecular weight excluding hydrogens is 254 g/mol. The normalized spacial score (nSPS) is 19.8. The van der Waals surface area contributed by atoms with Gasteiger partial charge in [-0.05, 0) is 24.1 Å². The molecule has 0 spiro atoms. The number of anilines is 1. The first-order valence-corrected chi connectivity index (χ1v) is 7.14. The van der Waals surface area contributed by atoms with Gasteiger partial charge in [-0.1, -0.05) is 19.1 Å². The summed E-state index contributed by atoms with van der Waals surface area (Å²) in [5, 5.41) is 2.94. The molecular formula is C15H23N3O2. The maximum atomic E-state index is 12.2. The van der Waals surface area contributed by atoms with Gasteiger partial charge >= 0.3 is 0 Å². The molecule has 5 heteroatoms. The number of nitrogens with zero attached hydrogens (tertiary/aromatic N) is 1. The number of benzene rings is 1. The maximum absolute atomic E-state index is 12.2. The minimum Gasteiger partial charge on any atom is -0.399 e. The van der Waals surface area contributed by atoms with Gasteiger partial charge in [-0.25, -0.2) is 0 Å². The Labute approximate surface area is 120 Å². The van der Waals surface area contributed by atoms with Crippen LogP contribution in [0.3, 0.4) is 0 Å². The molecule has 1 atom stereocenters. The molecule has 1 heterocycles. The third kappa shape index (κ3) is 3.95. The van der Waals surface area contributed by atoms with E-state index in [-0.39, 0.29) is 11.9 Å². The first kappa shape index (κ1) is 14.8. The molecule has 0 saturated carbocycles. The quantitative estimate of drug-likeness (QED) is 0.788. The van der Waals surface area contributed by atoms with E-state index in [9.17, 15) is 4.79 Å². The van der Waals surface area contributed by atoms with E-state index in [1.165, 1.54) is 0 Å². The summed E-state index contributed by atoms with van der Waals surface area (Å²) < 4.78 is 5.45. The van der Waals surface area contributed by atoms with Crippen molar-refractivity contribution in [2.24, 2.45) is 0 Å². The summed E-state index contributed by atoms with van der Waals surface area (Å²) in [6.07, 6.45) is 0.939. The van der Waals surface area contributed by atoms with Crippen molar-refractivity contribution in [1.29, 1.82) is 0 Å². The lowest BCUT2D eigenvalue weighted by Crippen LogP contribution is -2.53. The Balaban J connectivity index is 2.01. The molecule has 1 amide bonds. The second kappa shape index (κ2) is 7.26. The fourth-order valence-corrected chi connectivity index (χ4v) is 2.36. The van der Waals surface area contributed by atoms with Crippen LogP contribution in [0.15, 0.2) is 24.3 Å². The number of nitrogens with two attached hydrogens (primary N) is 1. The van der Waals surface area contributed by atoms with Gasteiger partial charge < -0.3 is 15.8 Å². The minimum atomic E-state index is -0.211. The smallest absolute Gasteiger partial charge is 0.239 e. The van der Waals surface area contributed by atoms with Crippen molar-refractivity contribution >= 4 is 11.6 Å². The first-order valence-electron chi connectivity index (χ1n) is 7.14. The van der Waals surface area contributed by atoms with Crippen molar-refractivity contribution in [2.45, 2.75) is 25.9 Å². The van der Waals surface area contributed by atoms with Crippen LogP contribution in [0.1, 0.15) is 18.9 Å². The highest BCUT2D eigenvalue weighted by atomic mass is 16.5. The number of hydrogen-bond donors (Lipinski definition) is 2. The Kier molecular flexibility index (Phi) is 5.38. The van der Waals surface area contributed by atoms with E-state index in [1.54, 1.807) is 0 Å². The van der Waals surface area contributed by atoms with Crippen molar-refractivity contribution in [2.75, 3.05) is 32.0 Å². The van der Waals surface area contributed by atoms with Gasteiger partial charge in [0.15, 0.2) is 0 Å². The van der Waals surface area contributed by atoms with Gasteiger partial charge in [-0.15, -0.1) is 0 Å². The number of rotatable bonds is 5. The molecule has 1 fully saturated rings. The van der Waals surface area contributed by atoms with Crippen LogP contribution < -0.4 is 11.1 Å². The van der Waals surface area contributed by atoms with Crippen molar-refractivity contribution in [3.63, 3.8) is 0 Å². The SMILES string of the molecule is CCCNC(=O)C1COCCN1Cc1cccc(N)c1. The van der Waals surface area contributed by atoms with E-state index < -0.39 is 0 Å². The van der Waals surface area contributed by atoms with Crippen LogP contribution in [0.4, 0.5) is 5.69 Å². The molecule has 3 N–H and O–H groups in total. The molecule has 1 aliphatic rings. The van der Waals surface area contributed by atoms with Crippen LogP contribution in [-0.2, 0) is 16.1 Å². The average Bonchev–Trinajstić information content (AvgIpc) is 2.45. The molecule has 1 aliphatic heterocycles. The number of morpholine rings is 1. The van der Waals surface area contributed by atoms with E-state index >= 15 is 0 Å². The fourth-order valence-electron chi connectivity index (χ4n) is 2.36. The number of carbonyl (C=O) groups excluding carboxylic acids is 1. The van der Waals surface area contributed by atoms with Crippen molar-refractivity contribution in [3.05, 3.63) is 29.8 Å². The van der Waals surface area contributed by atoms with E-state index in [0.29, 0.717) is 19.8 Å². The fraction of sp³-hybridized carbons (Fsp3) is 0.533. The number of hydrogen-bond acceptors (Lipinski definition) is 4. The van der Waals surface area contributed by atoms with Gasteiger partial charge in [0, 0.05) is 25.3 Å². The molecule has 0 bridgehead atoms. The number of nitrogen functional groups attached to an aromatic ring is 1. The Bertz CT molecular complexity index is 450. The largest absolute Gasteiger partial charge is 0.399 e. The lowest BCUT2D eigenvalue weighted by atomic mass is 10.1. The molecule has 1 aromatic carbocycles. The van der Waals surface area contributed by atoms with Gasteiger partial charge in [-0.3, -0.25) is 9.69 Å². The standard InChI is InChI=1S/C15H23N3O2/c1-2-6-17-15(19)14-11-20-8-7-18(14)10-12-4-3-5-13(16)9-12/h3-5,9,14H,2,6-8,10-11,16H2,1H3,(H,17,19). The van der Waals surface area contributed by atoms with Crippen molar-refractivity contribution in [1.82, 2.24) is 10.2 Å². The van der Waals surface area contributed by atoms with E-state index in [1.807, 2.05) is 31.2 Å². The summed E-state index contributed by atoms with van der Waals surface area (Å²) in [7, 11) is 0. The zero-order chi connectivity index (χ0) is 14.4. The summed E-state index contributed by atoms with van der Waals surface area (Å²) in [6, 6.07) is 7.59. The van der Waals surface area contributed by atoms with Crippen molar-refractivity contribution < 1.29 is 9.53 Å². The van der Waals surface area contributed by atoms with Crippen LogP contribution in [0.2, 0.25) is 0 Å². The van der Waals surface area contributed by atoms with Crippen molar-refractivity contribution in [3.8, 4) is 0 Å². The second-order valence-electron chi connectivity index (χ2n) is 5.10. The predicted molar refractivity (Wildman–Crippen MR) is 79.2 cm³/mol. The Morgan fingerprint density at radius 1 is 1.55 bits per heavy atom. The van der Waals surface area contributed by atoms with Crippen LogP contribution in [0.25, 0.3) is 0 Å². The summed E-state index contributed by atoms with van der Waals surface area (Å²) in [5.41, 5.74) is 7.68. The summed E-state index contributed by atoms with van der Waals surface area (Å²) in [6.45, 7) is 5.36. The van der Waals surface area contributed by atoms with E-state index in [4.69, 9.17) is 10.5 Å². The van der Waals surface area contributed by atoms with Crippen LogP contribution in [0.5, 0.6) is 0 Å². The van der Waals surface area contributed by atoms with E-state index in [2.05, 4.69) is 10.2 Å². The highest BCUT2D eigenvalue weighted by Gasteiger charge is 2.29. The highest BCUT2D eigenvalue weighted by molar-refractivity contribution is 5.82. The van der Waals surface area contributed by atoms with Gasteiger partial charge in [0.2, 0.25) is 5.91 Å². The van der Waals surface area contributed by atoms with Crippen LogP contribution >= 0.6 is 0 Å². The molecule has 0 radical (unpaired) electrons. The van der Waals surface area contributed by atoms with Crippen LogP contribution in [-0.4, -0.2) is 43.2 Å². The molecule has 1 saturated heterocycles. The lowest BCUT2D eigenvalue weighted by Gasteiger charge is -2.34. The third-order valence-electron chi connectivity index (χ3n) is 3.43. The predicted octanol–water partition coefficient (Wildman–Crippen LogP) is 0.996. The topological polar surface area (TPSA) is 67.6 Å². The zero-order valence-corrected chi connectivity index (χ0v) is 12.0. The van der Waals surface area contributed by atoms with E-state index in [0.717, 1.165) is 30.8 Å². The van der Waals surface area contributed by atoms with Gasteiger partial charge in [0.25, 0.3) is 0 Å². The number of amides is 1. The maximum Gasteiger partial charge on any atom is 0.239 e. The lowest BCUT2D eigenvalue weighted by molar-refractivity contribution is -0.132. The molecule has 2 rings (SSSR count). The number of carbonyl (C=O) groups is 1. The summed E-state index contributed by atoms with van der Waals surface area (Å²) in [4.78, 5) is 14.3. The monoisotopic (exact) mass is 277 g/mol. The zero-order valence-electron chi connectivity index (χ0n) is 12.0. The number of ether oxygens (including phenoxy) is 1. The second-order valence-corrected chi connectivity index (χ2v) is 5.10. The molecule has 0 aliphatic carbocycles. The Morgan fingerprint density at radius 2 is 2.40 bits per heavy atom. The Hall–Kier alpha value is -1.59. The molecule has 110 valence electrons. The average molecular weight is 277 g/mol. The molecule has 1 aromatic rings. The van der Waals surface area contributed by atoms with Gasteiger partial charge in [0.1, 0.15) is 6.04 Å². The highest BCUT2D eigenvalue weighted by Crippen LogP contribution is 2.14. The molecule has 5 nitrogen and oxygen atoms in total. The van der Waals surface area contributed by atoms with Crippen LogP contribution in [0, 0.1) is 0 Å². The first-order chi connectivity index (χ1) is 9.70. The Morgan fingerprint density at radius 3 is 3.15 bits per heavy atom. The molecule has 1 unspecified atom stereocenters. The minimum absolute atomic E-state index is 0.0513. The third-order valence-corrected chi connectivity index (χ3v) is 3.43.